The predicted molar refractivity (Wildman–Crippen MR) is 82.5 cm³/mol. The Hall–Kier alpha value is -1.38. The second-order valence-electron chi connectivity index (χ2n) is 5.21. The maximum Gasteiger partial charge on any atom is 0.413 e. The van der Waals surface area contributed by atoms with Crippen molar-refractivity contribution in [2.24, 2.45) is 0 Å². The minimum atomic E-state index is -3.79. The van der Waals surface area contributed by atoms with Crippen LogP contribution in [0.5, 0.6) is 0 Å². The van der Waals surface area contributed by atoms with E-state index in [1.807, 2.05) is 0 Å². The number of carbonyl (C=O) groups is 1. The number of nitrogens with one attached hydrogen (secondary N) is 1. The molecule has 0 unspecified atom stereocenters. The van der Waals surface area contributed by atoms with Gasteiger partial charge in [0.25, 0.3) is 9.05 Å². The van der Waals surface area contributed by atoms with E-state index in [9.17, 15) is 13.2 Å². The van der Waals surface area contributed by atoms with Gasteiger partial charge in [-0.1, -0.05) is 11.3 Å². The van der Waals surface area contributed by atoms with Crippen molar-refractivity contribution in [3.05, 3.63) is 18.2 Å². The fourth-order valence-electron chi connectivity index (χ4n) is 1.50. The summed E-state index contributed by atoms with van der Waals surface area (Å²) < 4.78 is 28.3. The molecule has 0 aliphatic heterocycles. The van der Waals surface area contributed by atoms with Crippen LogP contribution in [0.4, 0.5) is 9.93 Å². The molecule has 0 radical (unpaired) electrons. The summed E-state index contributed by atoms with van der Waals surface area (Å²) in [7, 11) is 1.50. The van der Waals surface area contributed by atoms with E-state index in [2.05, 4.69) is 10.3 Å². The van der Waals surface area contributed by atoms with E-state index in [1.54, 1.807) is 20.8 Å². The highest BCUT2D eigenvalue weighted by molar-refractivity contribution is 8.13. The molecule has 2 aromatic rings. The summed E-state index contributed by atoms with van der Waals surface area (Å²) in [5, 5.41) is 2.83. The number of hydrogen-bond acceptors (Lipinski definition) is 6. The molecule has 9 heteroatoms. The molecule has 0 spiro atoms. The number of nitrogens with zero attached hydrogens (tertiary/aromatic N) is 1. The number of carbonyl (C=O) groups excluding carboxylic acids is 1. The van der Waals surface area contributed by atoms with Crippen LogP contribution in [0, 0.1) is 0 Å². The van der Waals surface area contributed by atoms with Gasteiger partial charge in [-0.25, -0.2) is 18.2 Å². The standard InChI is InChI=1S/C12H13ClN2O4S2/c1-12(2,3)19-11(16)15-10-14-8-5-4-7(21(13,17)18)6-9(8)20-10/h4-6H,1-3H3,(H,14,15,16). The SMILES string of the molecule is CC(C)(C)OC(=O)Nc1nc2ccc(S(=O)(=O)Cl)cc2s1. The third-order valence-corrected chi connectivity index (χ3v) is 4.53. The van der Waals surface area contributed by atoms with Crippen LogP contribution in [0.25, 0.3) is 10.2 Å². The topological polar surface area (TPSA) is 85.4 Å². The average molecular weight is 349 g/mol. The van der Waals surface area contributed by atoms with E-state index < -0.39 is 20.7 Å². The molecule has 2 rings (SSSR count). The zero-order chi connectivity index (χ0) is 15.8. The average Bonchev–Trinajstić information content (AvgIpc) is 2.65. The number of ether oxygens (including phenoxy) is 1. The van der Waals surface area contributed by atoms with Crippen LogP contribution in [0.3, 0.4) is 0 Å². The minimum Gasteiger partial charge on any atom is -0.444 e. The number of hydrogen-bond donors (Lipinski definition) is 1. The molecule has 0 fully saturated rings. The molecule has 0 atom stereocenters. The monoisotopic (exact) mass is 348 g/mol. The van der Waals surface area contributed by atoms with Gasteiger partial charge in [0.15, 0.2) is 5.13 Å². The van der Waals surface area contributed by atoms with E-state index in [0.717, 1.165) is 11.3 Å². The van der Waals surface area contributed by atoms with Crippen molar-refractivity contribution >= 4 is 52.5 Å². The first-order valence-electron chi connectivity index (χ1n) is 5.90. The van der Waals surface area contributed by atoms with Crippen molar-refractivity contribution in [1.82, 2.24) is 4.98 Å². The summed E-state index contributed by atoms with van der Waals surface area (Å²) in [5.41, 5.74) is -0.0455. The molecule has 6 nitrogen and oxygen atoms in total. The number of anilines is 1. The highest BCUT2D eigenvalue weighted by Gasteiger charge is 2.18. The van der Waals surface area contributed by atoms with Crippen molar-refractivity contribution < 1.29 is 17.9 Å². The Labute approximate surface area is 130 Å². The van der Waals surface area contributed by atoms with E-state index in [4.69, 9.17) is 15.4 Å². The number of benzene rings is 1. The molecule has 1 N–H and O–H groups in total. The van der Waals surface area contributed by atoms with Gasteiger partial charge in [-0.3, -0.25) is 5.32 Å². The second kappa shape index (κ2) is 5.43. The molecule has 114 valence electrons. The van der Waals surface area contributed by atoms with Gasteiger partial charge in [-0.2, -0.15) is 0 Å². The molecule has 1 heterocycles. The van der Waals surface area contributed by atoms with Crippen molar-refractivity contribution in [1.29, 1.82) is 0 Å². The first kappa shape index (κ1) is 16.0. The highest BCUT2D eigenvalue weighted by Crippen LogP contribution is 2.29. The van der Waals surface area contributed by atoms with Gasteiger partial charge in [-0.05, 0) is 39.0 Å². The molecule has 21 heavy (non-hydrogen) atoms. The van der Waals surface area contributed by atoms with E-state index in [0.29, 0.717) is 15.3 Å². The fourth-order valence-corrected chi connectivity index (χ4v) is 3.24. The molecule has 1 amide bonds. The van der Waals surface area contributed by atoms with Crippen molar-refractivity contribution in [2.75, 3.05) is 5.32 Å². The molecule has 0 aliphatic carbocycles. The van der Waals surface area contributed by atoms with E-state index in [1.165, 1.54) is 18.2 Å². The quantitative estimate of drug-likeness (QED) is 0.838. The maximum atomic E-state index is 11.6. The van der Waals surface area contributed by atoms with Gasteiger partial charge in [0, 0.05) is 10.7 Å². The summed E-state index contributed by atoms with van der Waals surface area (Å²) >= 11 is 1.14. The first-order chi connectivity index (χ1) is 9.54. The van der Waals surface area contributed by atoms with Crippen LogP contribution >= 0.6 is 22.0 Å². The van der Waals surface area contributed by atoms with E-state index in [-0.39, 0.29) is 4.90 Å². The number of thiazole rings is 1. The minimum absolute atomic E-state index is 0.0101. The molecule has 0 saturated carbocycles. The van der Waals surface area contributed by atoms with Crippen LogP contribution in [0.1, 0.15) is 20.8 Å². The molecular formula is C12H13ClN2O4S2. The first-order valence-corrected chi connectivity index (χ1v) is 9.02. The van der Waals surface area contributed by atoms with Gasteiger partial charge in [0.05, 0.1) is 15.1 Å². The van der Waals surface area contributed by atoms with Crippen molar-refractivity contribution in [3.8, 4) is 0 Å². The van der Waals surface area contributed by atoms with Crippen LogP contribution in [0.2, 0.25) is 0 Å². The number of halogens is 1. The van der Waals surface area contributed by atoms with Gasteiger partial charge in [0.1, 0.15) is 5.60 Å². The number of fused-ring (bicyclic) bond motifs is 1. The summed E-state index contributed by atoms with van der Waals surface area (Å²) in [4.78, 5) is 15.8. The van der Waals surface area contributed by atoms with Crippen LogP contribution in [0.15, 0.2) is 23.1 Å². The van der Waals surface area contributed by atoms with Crippen LogP contribution in [-0.4, -0.2) is 25.1 Å². The molecule has 0 aliphatic rings. The van der Waals surface area contributed by atoms with Gasteiger partial charge in [0.2, 0.25) is 0 Å². The Morgan fingerprint density at radius 1 is 1.38 bits per heavy atom. The predicted octanol–water partition coefficient (Wildman–Crippen LogP) is 3.57. The zero-order valence-corrected chi connectivity index (χ0v) is 13.9. The molecule has 1 aromatic carbocycles. The van der Waals surface area contributed by atoms with Gasteiger partial charge < -0.3 is 4.74 Å². The van der Waals surface area contributed by atoms with Crippen LogP contribution in [-0.2, 0) is 13.8 Å². The largest absolute Gasteiger partial charge is 0.444 e. The lowest BCUT2D eigenvalue weighted by atomic mass is 10.2. The maximum absolute atomic E-state index is 11.6. The summed E-state index contributed by atoms with van der Waals surface area (Å²) in [5.74, 6) is 0. The number of amides is 1. The lowest BCUT2D eigenvalue weighted by Gasteiger charge is -2.18. The molecular weight excluding hydrogens is 336 g/mol. The summed E-state index contributed by atoms with van der Waals surface area (Å²) in [6.45, 7) is 5.26. The Morgan fingerprint density at radius 2 is 2.05 bits per heavy atom. The number of rotatable bonds is 2. The van der Waals surface area contributed by atoms with Gasteiger partial charge in [-0.15, -0.1) is 0 Å². The van der Waals surface area contributed by atoms with Crippen molar-refractivity contribution in [2.45, 2.75) is 31.3 Å². The number of aromatic nitrogens is 1. The third-order valence-electron chi connectivity index (χ3n) is 2.25. The molecule has 1 aromatic heterocycles. The second-order valence-corrected chi connectivity index (χ2v) is 8.81. The third kappa shape index (κ3) is 4.29. The lowest BCUT2D eigenvalue weighted by Crippen LogP contribution is -2.27. The highest BCUT2D eigenvalue weighted by atomic mass is 35.7. The summed E-state index contributed by atoms with van der Waals surface area (Å²) in [6.07, 6.45) is -0.619. The zero-order valence-electron chi connectivity index (χ0n) is 11.5. The summed E-state index contributed by atoms with van der Waals surface area (Å²) in [6, 6.07) is 4.30. The normalized spacial score (nSPS) is 12.4. The van der Waals surface area contributed by atoms with Crippen molar-refractivity contribution in [3.63, 3.8) is 0 Å². The smallest absolute Gasteiger partial charge is 0.413 e. The Bertz CT molecular complexity index is 793. The Kier molecular flexibility index (Phi) is 4.14. The molecule has 0 saturated heterocycles. The van der Waals surface area contributed by atoms with Crippen LogP contribution < -0.4 is 5.32 Å². The fraction of sp³-hybridized carbons (Fsp3) is 0.333. The lowest BCUT2D eigenvalue weighted by molar-refractivity contribution is 0.0636. The Morgan fingerprint density at radius 3 is 2.62 bits per heavy atom. The van der Waals surface area contributed by atoms with E-state index >= 15 is 0 Å². The molecule has 0 bridgehead atoms. The van der Waals surface area contributed by atoms with Gasteiger partial charge >= 0.3 is 6.09 Å². The Balaban J connectivity index is 2.25.